The van der Waals surface area contributed by atoms with Gasteiger partial charge in [-0.25, -0.2) is 0 Å². The van der Waals surface area contributed by atoms with Gasteiger partial charge in [0.15, 0.2) is 5.69 Å². The number of ether oxygens (including phenoxy) is 1. The minimum absolute atomic E-state index is 0.130. The molecule has 1 aliphatic heterocycles. The van der Waals surface area contributed by atoms with Gasteiger partial charge in [-0.1, -0.05) is 30.3 Å². The number of hydrogen-bond donors (Lipinski definition) is 0. The summed E-state index contributed by atoms with van der Waals surface area (Å²) in [6, 6.07) is 15.7. The fourth-order valence-electron chi connectivity index (χ4n) is 3.36. The van der Waals surface area contributed by atoms with Crippen molar-refractivity contribution in [2.24, 2.45) is 7.05 Å². The third kappa shape index (κ3) is 2.39. The Labute approximate surface area is 146 Å². The number of aryl methyl sites for hydroxylation is 2. The Morgan fingerprint density at radius 3 is 2.68 bits per heavy atom. The first-order valence-corrected chi connectivity index (χ1v) is 8.19. The molecule has 0 atom stereocenters. The first kappa shape index (κ1) is 15.4. The average molecular weight is 333 g/mol. The lowest BCUT2D eigenvalue weighted by Crippen LogP contribution is -2.28. The van der Waals surface area contributed by atoms with Crippen molar-refractivity contribution in [3.05, 3.63) is 65.4 Å². The normalized spacial score (nSPS) is 12.1. The van der Waals surface area contributed by atoms with Gasteiger partial charge in [0.2, 0.25) is 0 Å². The number of fused-ring (bicyclic) bond motifs is 3. The highest BCUT2D eigenvalue weighted by atomic mass is 16.5. The maximum Gasteiger partial charge on any atom is 0.278 e. The molecule has 2 heterocycles. The van der Waals surface area contributed by atoms with Crippen LogP contribution in [-0.2, 0) is 13.7 Å². The Balaban J connectivity index is 1.79. The lowest BCUT2D eigenvalue weighted by atomic mass is 10.0. The Bertz CT molecular complexity index is 975. The van der Waals surface area contributed by atoms with E-state index < -0.39 is 0 Å². The molecule has 0 radical (unpaired) electrons. The van der Waals surface area contributed by atoms with E-state index in [2.05, 4.69) is 5.10 Å². The van der Waals surface area contributed by atoms with E-state index >= 15 is 0 Å². The minimum atomic E-state index is -0.130. The second-order valence-corrected chi connectivity index (χ2v) is 6.23. The van der Waals surface area contributed by atoms with Crippen molar-refractivity contribution < 1.29 is 9.53 Å². The van der Waals surface area contributed by atoms with Crippen LogP contribution in [0.3, 0.4) is 0 Å². The Morgan fingerprint density at radius 2 is 1.88 bits per heavy atom. The number of aromatic nitrogens is 2. The highest BCUT2D eigenvalue weighted by molar-refractivity contribution is 6.06. The summed E-state index contributed by atoms with van der Waals surface area (Å²) >= 11 is 0. The van der Waals surface area contributed by atoms with E-state index in [1.807, 2.05) is 62.5 Å². The first-order chi connectivity index (χ1) is 12.1. The Hall–Kier alpha value is -3.08. The molecular weight excluding hydrogens is 314 g/mol. The van der Waals surface area contributed by atoms with Crippen LogP contribution in [-0.4, -0.2) is 22.7 Å². The van der Waals surface area contributed by atoms with E-state index in [0.29, 0.717) is 12.3 Å². The summed E-state index contributed by atoms with van der Waals surface area (Å²) in [5.74, 6) is 0.693. The number of nitrogens with zero attached hydrogens (tertiary/aromatic N) is 3. The van der Waals surface area contributed by atoms with Crippen LogP contribution in [0.25, 0.3) is 11.3 Å². The molecule has 1 amide bonds. The lowest BCUT2D eigenvalue weighted by Gasteiger charge is -2.21. The van der Waals surface area contributed by atoms with Gasteiger partial charge in [-0.2, -0.15) is 5.10 Å². The molecule has 0 saturated heterocycles. The first-order valence-electron chi connectivity index (χ1n) is 8.19. The zero-order chi connectivity index (χ0) is 17.6. The van der Waals surface area contributed by atoms with Crippen LogP contribution in [0, 0.1) is 6.92 Å². The number of para-hydroxylation sites is 2. The largest absolute Gasteiger partial charge is 0.488 e. The van der Waals surface area contributed by atoms with Crippen LogP contribution >= 0.6 is 0 Å². The van der Waals surface area contributed by atoms with E-state index in [1.54, 1.807) is 16.6 Å². The van der Waals surface area contributed by atoms with Gasteiger partial charge in [0.25, 0.3) is 5.91 Å². The third-order valence-electron chi connectivity index (χ3n) is 4.64. The number of rotatable bonds is 2. The van der Waals surface area contributed by atoms with Crippen molar-refractivity contribution in [3.63, 3.8) is 0 Å². The summed E-state index contributed by atoms with van der Waals surface area (Å²) in [6.07, 6.45) is 0. The summed E-state index contributed by atoms with van der Waals surface area (Å²) in [5.41, 5.74) is 5.12. The molecule has 5 heteroatoms. The summed E-state index contributed by atoms with van der Waals surface area (Å²) < 4.78 is 7.61. The Morgan fingerprint density at radius 1 is 1.16 bits per heavy atom. The molecule has 126 valence electrons. The molecule has 1 aromatic heterocycles. The molecule has 4 rings (SSSR count). The standard InChI is InChI=1S/C20H19N3O2/c1-13-8-4-6-10-16(13)22(2)20(24)18-15-12-25-17-11-7-5-9-14(17)19(15)23(3)21-18/h4-11H,12H2,1-3H3. The molecule has 25 heavy (non-hydrogen) atoms. The number of hydrogen-bond acceptors (Lipinski definition) is 3. The van der Waals surface area contributed by atoms with Crippen LogP contribution in [0.5, 0.6) is 5.75 Å². The van der Waals surface area contributed by atoms with Crippen LogP contribution < -0.4 is 9.64 Å². The van der Waals surface area contributed by atoms with Crippen LogP contribution in [0.15, 0.2) is 48.5 Å². The van der Waals surface area contributed by atoms with Gasteiger partial charge in [0.1, 0.15) is 12.4 Å². The van der Waals surface area contributed by atoms with Gasteiger partial charge in [-0.05, 0) is 30.7 Å². The van der Waals surface area contributed by atoms with Crippen molar-refractivity contribution in [2.75, 3.05) is 11.9 Å². The highest BCUT2D eigenvalue weighted by Crippen LogP contribution is 2.38. The van der Waals surface area contributed by atoms with Crippen molar-refractivity contribution >= 4 is 11.6 Å². The van der Waals surface area contributed by atoms with Gasteiger partial charge < -0.3 is 9.64 Å². The van der Waals surface area contributed by atoms with E-state index in [1.165, 1.54) is 0 Å². The van der Waals surface area contributed by atoms with Gasteiger partial charge in [0.05, 0.1) is 5.69 Å². The fourth-order valence-corrected chi connectivity index (χ4v) is 3.36. The SMILES string of the molecule is Cc1ccccc1N(C)C(=O)c1nn(C)c2c1COc1ccccc1-2. The van der Waals surface area contributed by atoms with Crippen molar-refractivity contribution in [3.8, 4) is 17.0 Å². The second-order valence-electron chi connectivity index (χ2n) is 6.23. The fraction of sp³-hybridized carbons (Fsp3) is 0.200. The van der Waals surface area contributed by atoms with E-state index in [-0.39, 0.29) is 5.91 Å². The number of carbonyl (C=O) groups is 1. The summed E-state index contributed by atoms with van der Waals surface area (Å²) in [4.78, 5) is 14.7. The smallest absolute Gasteiger partial charge is 0.278 e. The maximum absolute atomic E-state index is 13.1. The zero-order valence-electron chi connectivity index (χ0n) is 14.5. The molecule has 0 spiro atoms. The molecule has 0 aliphatic carbocycles. The topological polar surface area (TPSA) is 47.4 Å². The number of amides is 1. The van der Waals surface area contributed by atoms with Crippen molar-refractivity contribution in [1.29, 1.82) is 0 Å². The predicted octanol–water partition coefficient (Wildman–Crippen LogP) is 3.56. The van der Waals surface area contributed by atoms with E-state index in [9.17, 15) is 4.79 Å². The summed E-state index contributed by atoms with van der Waals surface area (Å²) in [6.45, 7) is 2.34. The second kappa shape index (κ2) is 5.77. The quantitative estimate of drug-likeness (QED) is 0.720. The molecule has 0 saturated carbocycles. The van der Waals surface area contributed by atoms with Gasteiger partial charge >= 0.3 is 0 Å². The molecule has 3 aromatic rings. The van der Waals surface area contributed by atoms with Crippen LogP contribution in [0.4, 0.5) is 5.69 Å². The summed E-state index contributed by atoms with van der Waals surface area (Å²) in [5, 5.41) is 4.51. The molecular formula is C20H19N3O2. The molecule has 5 nitrogen and oxygen atoms in total. The third-order valence-corrected chi connectivity index (χ3v) is 4.64. The molecule has 2 aromatic carbocycles. The number of benzene rings is 2. The number of carbonyl (C=O) groups excluding carboxylic acids is 1. The average Bonchev–Trinajstić information content (AvgIpc) is 2.98. The van der Waals surface area contributed by atoms with Gasteiger partial charge in [-0.15, -0.1) is 0 Å². The van der Waals surface area contributed by atoms with Crippen LogP contribution in [0.1, 0.15) is 21.6 Å². The minimum Gasteiger partial charge on any atom is -0.488 e. The zero-order valence-corrected chi connectivity index (χ0v) is 14.5. The van der Waals surface area contributed by atoms with Crippen molar-refractivity contribution in [2.45, 2.75) is 13.5 Å². The number of anilines is 1. The molecule has 0 bridgehead atoms. The Kier molecular flexibility index (Phi) is 3.57. The molecule has 1 aliphatic rings. The van der Waals surface area contributed by atoms with Gasteiger partial charge in [0, 0.05) is 30.9 Å². The monoisotopic (exact) mass is 333 g/mol. The predicted molar refractivity (Wildman–Crippen MR) is 96.9 cm³/mol. The molecule has 0 fully saturated rings. The maximum atomic E-state index is 13.1. The van der Waals surface area contributed by atoms with Crippen molar-refractivity contribution in [1.82, 2.24) is 9.78 Å². The molecule has 0 unspecified atom stereocenters. The summed E-state index contributed by atoms with van der Waals surface area (Å²) in [7, 11) is 3.65. The van der Waals surface area contributed by atoms with Gasteiger partial charge in [-0.3, -0.25) is 9.48 Å². The van der Waals surface area contributed by atoms with Crippen LogP contribution in [0.2, 0.25) is 0 Å². The molecule has 0 N–H and O–H groups in total. The van der Waals surface area contributed by atoms with E-state index in [4.69, 9.17) is 4.74 Å². The lowest BCUT2D eigenvalue weighted by molar-refractivity contribution is 0.0985. The highest BCUT2D eigenvalue weighted by Gasteiger charge is 2.30. The van der Waals surface area contributed by atoms with E-state index in [0.717, 1.165) is 33.8 Å².